The van der Waals surface area contributed by atoms with Gasteiger partial charge in [-0.1, -0.05) is 151 Å². The first kappa shape index (κ1) is 70.4. The fourth-order valence-corrected chi connectivity index (χ4v) is 16.5. The Balaban J connectivity index is 0.000000172. The lowest BCUT2D eigenvalue weighted by Crippen LogP contribution is -2.13. The van der Waals surface area contributed by atoms with Gasteiger partial charge in [-0.15, -0.1) is 0 Å². The summed E-state index contributed by atoms with van der Waals surface area (Å²) in [6.45, 7) is 37.2. The number of rotatable bonds is 18. The molecule has 0 saturated heterocycles. The molecule has 0 heterocycles. The summed E-state index contributed by atoms with van der Waals surface area (Å²) in [5.41, 5.74) is 28.0. The zero-order chi connectivity index (χ0) is 75.0. The lowest BCUT2D eigenvalue weighted by Gasteiger charge is -2.31. The molecule has 0 spiro atoms. The van der Waals surface area contributed by atoms with Gasteiger partial charge >= 0.3 is 0 Å². The Kier molecular flexibility index (Phi) is 19.4. The summed E-state index contributed by atoms with van der Waals surface area (Å²) in [6, 6.07) is 95.7. The molecule has 0 aliphatic rings. The minimum atomic E-state index is 0.624. The molecule has 0 amide bonds. The number of hydrogen-bond acceptors (Lipinski definition) is 6. The fourth-order valence-electron chi connectivity index (χ4n) is 16.5. The second-order valence-corrected chi connectivity index (χ2v) is 28.4. The maximum Gasteiger partial charge on any atom is 0.187 e. The maximum absolute atomic E-state index is 9.66. The summed E-state index contributed by atoms with van der Waals surface area (Å²) < 4.78 is 0. The van der Waals surface area contributed by atoms with E-state index in [4.69, 9.17) is 13.1 Å². The van der Waals surface area contributed by atoms with E-state index >= 15 is 0 Å². The standard InChI is InChI=1S/2C50H42N4/c1-8-36-28-47(53(39-14-10-35(30-51)11-15-39)41-24-31(3)22-32(4)25-41)45-20-18-44-37(9-2)29-48(46-21-19-43(36)49(45)50(44)46)54(40-16-12-38(52-7)13-17-40)42-26-33(5)23-34(6)27-42;1-6-33-10-18-39(19-11-33)53(41-22-14-35(32-51)15-23-41)47-30-36(8-3)43-27-29-46-48(31-37(9-4)44-26-28-45(47)49(43)50(44)46)54(40-20-12-34(7-2)13-21-40)42-24-16-38(52-5)17-25-42/h10-29H,8-9H2,1-6H3;10-31H,6-9H2,1-4H3. The minimum absolute atomic E-state index is 0.624. The van der Waals surface area contributed by atoms with Crippen LogP contribution >= 0.6 is 0 Å². The van der Waals surface area contributed by atoms with E-state index in [1.165, 1.54) is 120 Å². The quantitative estimate of drug-likeness (QED) is 0.0630. The number of benzene rings is 16. The highest BCUT2D eigenvalue weighted by Crippen LogP contribution is 2.53. The highest BCUT2D eigenvalue weighted by molar-refractivity contribution is 6.31. The predicted molar refractivity (Wildman–Crippen MR) is 456 cm³/mol. The molecular weight excluding hydrogens is 1310 g/mol. The third-order valence-electron chi connectivity index (χ3n) is 21.7. The zero-order valence-electron chi connectivity index (χ0n) is 63.1. The van der Waals surface area contributed by atoms with E-state index in [2.05, 4.69) is 317 Å². The van der Waals surface area contributed by atoms with Gasteiger partial charge in [0.15, 0.2) is 11.4 Å². The zero-order valence-corrected chi connectivity index (χ0v) is 63.1. The van der Waals surface area contributed by atoms with Gasteiger partial charge < -0.3 is 19.6 Å². The highest BCUT2D eigenvalue weighted by Gasteiger charge is 2.28. The van der Waals surface area contributed by atoms with Crippen LogP contribution < -0.4 is 19.6 Å². The van der Waals surface area contributed by atoms with Crippen LogP contribution in [0, 0.1) is 63.5 Å². The molecule has 16 rings (SSSR count). The molecule has 0 bridgehead atoms. The summed E-state index contributed by atoms with van der Waals surface area (Å²) in [7, 11) is 0. The van der Waals surface area contributed by atoms with Crippen LogP contribution in [-0.2, 0) is 38.5 Å². The van der Waals surface area contributed by atoms with Gasteiger partial charge in [0, 0.05) is 67.0 Å². The van der Waals surface area contributed by atoms with Gasteiger partial charge in [-0.05, 0) is 311 Å². The molecule has 0 aliphatic carbocycles. The van der Waals surface area contributed by atoms with Gasteiger partial charge in [-0.3, -0.25) is 0 Å². The normalized spacial score (nSPS) is 11.2. The maximum atomic E-state index is 9.66. The van der Waals surface area contributed by atoms with Crippen LogP contribution in [0.4, 0.5) is 79.6 Å². The first-order valence-electron chi connectivity index (χ1n) is 37.7. The average Bonchev–Trinajstić information content (AvgIpc) is 0.714. The molecule has 16 aromatic carbocycles. The van der Waals surface area contributed by atoms with Crippen molar-refractivity contribution in [3.05, 3.63) is 344 Å². The van der Waals surface area contributed by atoms with Crippen molar-refractivity contribution < 1.29 is 0 Å². The van der Waals surface area contributed by atoms with Crippen molar-refractivity contribution in [1.82, 2.24) is 0 Å². The Bertz CT molecular complexity index is 5840. The van der Waals surface area contributed by atoms with Gasteiger partial charge in [0.25, 0.3) is 0 Å². The molecule has 0 atom stereocenters. The molecule has 8 nitrogen and oxygen atoms in total. The number of aryl methyl sites for hydroxylation is 10. The Hall–Kier alpha value is -13.2. The van der Waals surface area contributed by atoms with Crippen molar-refractivity contribution in [1.29, 1.82) is 10.5 Å². The molecule has 16 aromatic rings. The topological polar surface area (TPSA) is 69.3 Å². The molecule has 0 radical (unpaired) electrons. The van der Waals surface area contributed by atoms with Crippen molar-refractivity contribution in [3.8, 4) is 12.1 Å². The van der Waals surface area contributed by atoms with Gasteiger partial charge in [0.05, 0.1) is 59.2 Å². The highest BCUT2D eigenvalue weighted by atomic mass is 15.2. The lowest BCUT2D eigenvalue weighted by atomic mass is 9.86. The van der Waals surface area contributed by atoms with E-state index in [0.29, 0.717) is 22.5 Å². The number of hydrogen-bond donors (Lipinski definition) is 0. The van der Waals surface area contributed by atoms with Crippen LogP contribution in [0.5, 0.6) is 0 Å². The van der Waals surface area contributed by atoms with Crippen LogP contribution in [0.3, 0.4) is 0 Å². The summed E-state index contributed by atoms with van der Waals surface area (Å²) in [5, 5.41) is 34.2. The summed E-state index contributed by atoms with van der Waals surface area (Å²) >= 11 is 0. The second-order valence-electron chi connectivity index (χ2n) is 28.4. The monoisotopic (exact) mass is 1400 g/mol. The van der Waals surface area contributed by atoms with E-state index in [1.54, 1.807) is 0 Å². The third kappa shape index (κ3) is 12.8. The van der Waals surface area contributed by atoms with Crippen molar-refractivity contribution >= 4 is 144 Å². The smallest absolute Gasteiger partial charge is 0.187 e. The van der Waals surface area contributed by atoms with Crippen molar-refractivity contribution in [2.24, 2.45) is 0 Å². The van der Waals surface area contributed by atoms with E-state index in [-0.39, 0.29) is 0 Å². The summed E-state index contributed by atoms with van der Waals surface area (Å²) in [5.74, 6) is 0. The van der Waals surface area contributed by atoms with Gasteiger partial charge in [0.1, 0.15) is 0 Å². The lowest BCUT2D eigenvalue weighted by molar-refractivity contribution is 1.13. The SMILES string of the molecule is [C-]#[N+]c1ccc(N(c2cc(C)cc(C)c2)c2cc(CC)c3ccc4c(N(c5ccc(C#N)cc5)c5cc(C)cc(C)c5)cc(CC)c5ccc2c3c54)cc1.[C-]#[N+]c1ccc(N(c2ccc(CC)cc2)c2cc(CC)c3ccc4c(N(c5ccc(C#N)cc5)c5ccc(CC)cc5)cc(CC)c5ccc2c3c54)cc1. The molecule has 524 valence electrons. The summed E-state index contributed by atoms with van der Waals surface area (Å²) in [6.07, 6.45) is 5.48. The Labute approximate surface area is 634 Å². The minimum Gasteiger partial charge on any atom is -0.310 e. The predicted octanol–water partition coefficient (Wildman–Crippen LogP) is 28.5. The van der Waals surface area contributed by atoms with Gasteiger partial charge in [-0.2, -0.15) is 10.5 Å². The molecule has 0 aliphatic heterocycles. The largest absolute Gasteiger partial charge is 0.310 e. The van der Waals surface area contributed by atoms with Crippen molar-refractivity contribution in [3.63, 3.8) is 0 Å². The van der Waals surface area contributed by atoms with Crippen LogP contribution in [0.15, 0.2) is 255 Å². The first-order chi connectivity index (χ1) is 52.7. The molecular formula is C100H84N8. The van der Waals surface area contributed by atoms with Crippen molar-refractivity contribution in [2.75, 3.05) is 19.6 Å². The Morgan fingerprint density at radius 2 is 0.481 bits per heavy atom. The number of nitrogens with zero attached hydrogens (tertiary/aromatic N) is 8. The van der Waals surface area contributed by atoms with Gasteiger partial charge in [0.2, 0.25) is 0 Å². The fraction of sp³-hybridized carbons (Fsp3) is 0.160. The molecule has 0 unspecified atom stereocenters. The molecule has 108 heavy (non-hydrogen) atoms. The van der Waals surface area contributed by atoms with E-state index < -0.39 is 0 Å². The third-order valence-corrected chi connectivity index (χ3v) is 21.7. The molecule has 0 aromatic heterocycles. The first-order valence-corrected chi connectivity index (χ1v) is 37.7. The number of anilines is 12. The van der Waals surface area contributed by atoms with Crippen LogP contribution in [0.2, 0.25) is 0 Å². The van der Waals surface area contributed by atoms with Crippen LogP contribution in [0.1, 0.15) is 108 Å². The molecule has 0 fully saturated rings. The molecule has 8 heteroatoms. The van der Waals surface area contributed by atoms with Crippen LogP contribution in [-0.4, -0.2) is 0 Å². The van der Waals surface area contributed by atoms with Crippen molar-refractivity contribution in [2.45, 2.75) is 108 Å². The second kappa shape index (κ2) is 29.7. The Morgan fingerprint density at radius 1 is 0.259 bits per heavy atom. The molecule has 0 N–H and O–H groups in total. The Morgan fingerprint density at radius 3 is 0.704 bits per heavy atom. The average molecular weight is 1400 g/mol. The summed E-state index contributed by atoms with van der Waals surface area (Å²) in [4.78, 5) is 16.8. The van der Waals surface area contributed by atoms with E-state index in [0.717, 1.165) is 107 Å². The number of nitriles is 2. The van der Waals surface area contributed by atoms with E-state index in [9.17, 15) is 10.5 Å². The van der Waals surface area contributed by atoms with Crippen LogP contribution in [0.25, 0.3) is 74.3 Å². The molecule has 0 saturated carbocycles. The van der Waals surface area contributed by atoms with E-state index in [1.807, 2.05) is 48.5 Å². The van der Waals surface area contributed by atoms with Gasteiger partial charge in [-0.25, -0.2) is 9.69 Å².